The van der Waals surface area contributed by atoms with Gasteiger partial charge in [-0.15, -0.1) is 0 Å². The van der Waals surface area contributed by atoms with Crippen LogP contribution in [0.2, 0.25) is 0 Å². The molecule has 0 aliphatic carbocycles. The largest absolute Gasteiger partial charge is 0.506 e. The fourth-order valence-electron chi connectivity index (χ4n) is 2.26. The van der Waals surface area contributed by atoms with Crippen LogP contribution in [0.1, 0.15) is 32.3 Å². The number of carbonyl (C=O) groups excluding carboxylic acids is 1. The van der Waals surface area contributed by atoms with Gasteiger partial charge in [0.15, 0.2) is 0 Å². The van der Waals surface area contributed by atoms with Crippen molar-refractivity contribution in [2.45, 2.75) is 25.3 Å². The second-order valence-electron chi connectivity index (χ2n) is 6.17. The van der Waals surface area contributed by atoms with Crippen LogP contribution in [0, 0.1) is 0 Å². The van der Waals surface area contributed by atoms with Crippen LogP contribution in [-0.4, -0.2) is 58.4 Å². The zero-order valence-electron chi connectivity index (χ0n) is 23.5. The summed E-state index contributed by atoms with van der Waals surface area (Å²) in [5, 5.41) is 40.4. The molecule has 0 aromatic heterocycles. The van der Waals surface area contributed by atoms with E-state index >= 15 is 0 Å². The van der Waals surface area contributed by atoms with Gasteiger partial charge in [-0.05, 0) is 48.6 Å². The smallest absolute Gasteiger partial charge is 0.328 e. The molecule has 0 saturated heterocycles. The van der Waals surface area contributed by atoms with E-state index < -0.39 is 43.8 Å². The molecule has 0 fully saturated rings. The van der Waals surface area contributed by atoms with Crippen LogP contribution in [0.15, 0.2) is 54.6 Å². The maximum atomic E-state index is 10.6. The van der Waals surface area contributed by atoms with Gasteiger partial charge in [-0.25, -0.2) is 9.59 Å². The lowest BCUT2D eigenvalue weighted by Crippen LogP contribution is -2.32. The molecule has 0 heterocycles. The number of amides is 1. The Morgan fingerprint density at radius 3 is 2.33 bits per heavy atom. The normalized spacial score (nSPS) is 16.7. The third-order valence-corrected chi connectivity index (χ3v) is 3.82. The van der Waals surface area contributed by atoms with E-state index in [-0.39, 0.29) is 22.6 Å². The first kappa shape index (κ1) is 18.7. The summed E-state index contributed by atoms with van der Waals surface area (Å²) >= 11 is 0. The van der Waals surface area contributed by atoms with Gasteiger partial charge in [-0.2, -0.15) is 0 Å². The average molecular weight is 467 g/mol. The number of carboxylic acids is 2. The highest BCUT2D eigenvalue weighted by Crippen LogP contribution is 2.26. The highest BCUT2D eigenvalue weighted by atomic mass is 16.5. The van der Waals surface area contributed by atoms with E-state index in [0.29, 0.717) is 24.3 Å². The number of aliphatic carboxylic acids is 2. The number of anilines is 1. The van der Waals surface area contributed by atoms with Crippen molar-refractivity contribution in [3.63, 3.8) is 0 Å². The Morgan fingerprint density at radius 2 is 1.82 bits per heavy atom. The number of hydrogen-bond acceptors (Lipinski definition) is 7. The number of methoxy groups -OCH3 is 1. The second kappa shape index (κ2) is 14.2. The minimum atomic E-state index is -3.10. The molecule has 10 heteroatoms. The molecule has 2 aromatic carbocycles. The van der Waals surface area contributed by atoms with E-state index in [1.54, 1.807) is 0 Å². The first-order valence-electron chi connectivity index (χ1n) is 12.2. The van der Waals surface area contributed by atoms with E-state index in [2.05, 4.69) is 10.6 Å². The number of aliphatic hydroxyl groups is 1. The summed E-state index contributed by atoms with van der Waals surface area (Å²) in [6.45, 7) is -3.59. The topological polar surface area (TPSA) is 165 Å². The van der Waals surface area contributed by atoms with Crippen LogP contribution in [0.4, 0.5) is 5.69 Å². The molecule has 0 spiro atoms. The van der Waals surface area contributed by atoms with E-state index in [1.807, 2.05) is 0 Å². The number of phenols is 1. The third-order valence-electron chi connectivity index (χ3n) is 3.82. The number of carboxylic acid groups (broad SMARTS) is 2. The monoisotopic (exact) mass is 466 g/mol. The van der Waals surface area contributed by atoms with Crippen LogP contribution in [0.3, 0.4) is 0 Å². The Balaban J connectivity index is 0.000000824. The molecule has 1 amide bonds. The maximum absolute atomic E-state index is 10.6. The molecule has 0 aliphatic rings. The third kappa shape index (κ3) is 10.8. The predicted octanol–water partition coefficient (Wildman–Crippen LogP) is 1.94. The summed E-state index contributed by atoms with van der Waals surface area (Å²) in [6.07, 6.45) is -2.57. The molecule has 2 aromatic rings. The number of aromatic hydroxyl groups is 1. The summed E-state index contributed by atoms with van der Waals surface area (Å²) < 4.78 is 53.8. The fraction of sp³-hybridized carbons (Fsp3) is 0.261. The number of rotatable bonds is 11. The van der Waals surface area contributed by atoms with E-state index in [1.165, 1.54) is 49.6 Å². The lowest BCUT2D eigenvalue weighted by atomic mass is 10.1. The fourth-order valence-corrected chi connectivity index (χ4v) is 2.26. The van der Waals surface area contributed by atoms with Crippen molar-refractivity contribution in [2.24, 2.45) is 0 Å². The van der Waals surface area contributed by atoms with Crippen molar-refractivity contribution in [3.8, 4) is 11.5 Å². The zero-order chi connectivity index (χ0) is 30.0. The van der Waals surface area contributed by atoms with Gasteiger partial charge in [0, 0.05) is 32.9 Å². The van der Waals surface area contributed by atoms with Crippen molar-refractivity contribution >= 4 is 24.0 Å². The molecule has 0 aliphatic heterocycles. The molecule has 0 unspecified atom stereocenters. The van der Waals surface area contributed by atoms with Crippen molar-refractivity contribution in [3.05, 3.63) is 65.7 Å². The molecule has 0 bridgehead atoms. The number of hydrogen-bond donors (Lipinski definition) is 6. The number of nitrogens with one attached hydrogen (secondary N) is 2. The van der Waals surface area contributed by atoms with Gasteiger partial charge in [-0.3, -0.25) is 4.79 Å². The number of phenolic OH excluding ortho intramolecular Hbond substituents is 1. The van der Waals surface area contributed by atoms with Crippen LogP contribution in [0.5, 0.6) is 11.5 Å². The van der Waals surface area contributed by atoms with Gasteiger partial charge in [0.25, 0.3) is 0 Å². The van der Waals surface area contributed by atoms with Gasteiger partial charge in [0.1, 0.15) is 11.5 Å². The summed E-state index contributed by atoms with van der Waals surface area (Å²) in [4.78, 5) is 29.7. The Bertz CT molecular complexity index is 1160. The highest BCUT2D eigenvalue weighted by molar-refractivity contribution is 5.89. The number of aliphatic hydroxyl groups excluding tert-OH is 1. The van der Waals surface area contributed by atoms with Crippen molar-refractivity contribution in [1.82, 2.24) is 5.32 Å². The summed E-state index contributed by atoms with van der Waals surface area (Å²) in [5.41, 5.74) is 0.198. The van der Waals surface area contributed by atoms with Crippen LogP contribution in [-0.2, 0) is 20.8 Å². The van der Waals surface area contributed by atoms with E-state index in [9.17, 15) is 24.6 Å². The average Bonchev–Trinajstić information content (AvgIpc) is 2.86. The van der Waals surface area contributed by atoms with Gasteiger partial charge < -0.3 is 35.8 Å². The van der Waals surface area contributed by atoms with Gasteiger partial charge in [0.05, 0.1) is 18.9 Å². The van der Waals surface area contributed by atoms with E-state index in [0.717, 1.165) is 0 Å². The summed E-state index contributed by atoms with van der Waals surface area (Å²) in [7, 11) is 1.43. The lowest BCUT2D eigenvalue weighted by molar-refractivity contribution is -0.134. The van der Waals surface area contributed by atoms with Gasteiger partial charge in [0.2, 0.25) is 6.41 Å². The molecular formula is C23H28N2O8. The Morgan fingerprint density at radius 1 is 1.18 bits per heavy atom. The molecule has 178 valence electrons. The van der Waals surface area contributed by atoms with Crippen molar-refractivity contribution in [2.75, 3.05) is 19.0 Å². The molecule has 0 saturated carbocycles. The minimum absolute atomic E-state index is 0.0353. The molecule has 6 N–H and O–H groups in total. The summed E-state index contributed by atoms with van der Waals surface area (Å²) in [6, 6.07) is 6.66. The molecular weight excluding hydrogens is 432 g/mol. The molecule has 2 rings (SSSR count). The standard InChI is InChI=1S/C19H24N2O4.C4H4O4/c1-13(9-14-3-6-16(25-2)7-4-14)20-11-19(24)15-5-8-18(23)17(10-15)21-12-22;5-3(6)1-2-4(7)8/h3-8,10,12-13,19-20,23-24H,9,11H2,1-2H3,(H,21,22);1-2H,(H,5,6)(H,7,8)/b;2-1+/t13-,19+;/m1./s1/i1D3,9D2,13D;. The molecule has 0 radical (unpaired) electrons. The predicted molar refractivity (Wildman–Crippen MR) is 121 cm³/mol. The zero-order valence-corrected chi connectivity index (χ0v) is 17.5. The number of ether oxygens (including phenoxy) is 1. The lowest BCUT2D eigenvalue weighted by Gasteiger charge is -2.18. The van der Waals surface area contributed by atoms with E-state index in [4.69, 9.17) is 23.2 Å². The minimum Gasteiger partial charge on any atom is -0.506 e. The molecule has 33 heavy (non-hydrogen) atoms. The highest BCUT2D eigenvalue weighted by Gasteiger charge is 2.12. The van der Waals surface area contributed by atoms with Crippen molar-refractivity contribution in [1.29, 1.82) is 0 Å². The van der Waals surface area contributed by atoms with Gasteiger partial charge >= 0.3 is 11.9 Å². The molecule has 10 nitrogen and oxygen atoms in total. The van der Waals surface area contributed by atoms with Gasteiger partial charge in [-0.1, -0.05) is 18.2 Å². The first-order valence-corrected chi connectivity index (χ1v) is 9.24. The number of carbonyl (C=O) groups is 3. The quantitative estimate of drug-likeness (QED) is 0.165. The maximum Gasteiger partial charge on any atom is 0.328 e. The number of benzene rings is 2. The SMILES string of the molecule is O=C(O)/C=C/C(=O)O.[2H]C([2H])([2H])[C@@]([2H])(NC[C@H](O)c1ccc(O)c(NC=O)c1)C([2H])([2H])c1ccc(OC)cc1. The molecule has 2 atom stereocenters. The summed E-state index contributed by atoms with van der Waals surface area (Å²) in [5.74, 6) is -2.30. The Labute approximate surface area is 199 Å². The van der Waals surface area contributed by atoms with Crippen LogP contribution in [0.25, 0.3) is 0 Å². The first-order chi connectivity index (χ1) is 18.0. The Hall–Kier alpha value is -3.89. The second-order valence-corrected chi connectivity index (χ2v) is 6.17. The van der Waals surface area contributed by atoms with Crippen LogP contribution >= 0.6 is 0 Å². The Kier molecular flexibility index (Phi) is 8.04. The van der Waals surface area contributed by atoms with Crippen molar-refractivity contribution < 1.29 is 47.8 Å². The van der Waals surface area contributed by atoms with Crippen LogP contribution < -0.4 is 15.4 Å².